The Balaban J connectivity index is 0.000000686. The molecule has 0 radical (unpaired) electrons. The van der Waals surface area contributed by atoms with E-state index in [4.69, 9.17) is 0 Å². The largest absolute Gasteiger partial charge is 0.268 e. The highest BCUT2D eigenvalue weighted by Crippen LogP contribution is 2.22. The van der Waals surface area contributed by atoms with Gasteiger partial charge in [0.25, 0.3) is 5.56 Å². The van der Waals surface area contributed by atoms with Gasteiger partial charge in [0, 0.05) is 11.1 Å². The monoisotopic (exact) mass is 230 g/mol. The number of aryl methyl sites for hydroxylation is 1. The van der Waals surface area contributed by atoms with Crippen LogP contribution >= 0.6 is 0 Å². The number of nitrogens with one attached hydrogen (secondary N) is 1. The van der Waals surface area contributed by atoms with Gasteiger partial charge in [-0.25, -0.2) is 5.10 Å². The summed E-state index contributed by atoms with van der Waals surface area (Å²) in [5, 5.41) is 6.45. The molecule has 0 bridgehead atoms. The van der Waals surface area contributed by atoms with Gasteiger partial charge in [-0.15, -0.1) is 0 Å². The molecular weight excluding hydrogens is 212 g/mol. The quantitative estimate of drug-likeness (QED) is 0.818. The van der Waals surface area contributed by atoms with Crippen LogP contribution in [-0.4, -0.2) is 10.2 Å². The molecule has 0 unspecified atom stereocenters. The molecule has 17 heavy (non-hydrogen) atoms. The van der Waals surface area contributed by atoms with E-state index in [2.05, 4.69) is 10.2 Å². The highest BCUT2D eigenvalue weighted by Gasteiger charge is 2.08. The fourth-order valence-corrected chi connectivity index (χ4v) is 1.69. The van der Waals surface area contributed by atoms with Gasteiger partial charge in [0.2, 0.25) is 0 Å². The molecule has 2 rings (SSSR count). The summed E-state index contributed by atoms with van der Waals surface area (Å²) < 4.78 is 0. The first-order valence-corrected chi connectivity index (χ1v) is 5.81. The predicted octanol–water partition coefficient (Wildman–Crippen LogP) is 3.08. The second kappa shape index (κ2) is 5.99. The maximum atomic E-state index is 11.4. The summed E-state index contributed by atoms with van der Waals surface area (Å²) in [4.78, 5) is 11.4. The Morgan fingerprint density at radius 2 is 1.65 bits per heavy atom. The molecule has 0 fully saturated rings. The lowest BCUT2D eigenvalue weighted by Gasteiger charge is -2.07. The van der Waals surface area contributed by atoms with E-state index in [1.54, 1.807) is 0 Å². The minimum atomic E-state index is -0.126. The minimum absolute atomic E-state index is 0.126. The fourth-order valence-electron chi connectivity index (χ4n) is 1.69. The van der Waals surface area contributed by atoms with Crippen LogP contribution in [0.3, 0.4) is 0 Å². The van der Waals surface area contributed by atoms with Crippen LogP contribution < -0.4 is 5.56 Å². The van der Waals surface area contributed by atoms with E-state index in [0.29, 0.717) is 5.56 Å². The standard InChI is InChI=1S/C12H12N2O.C2H6/c1-8-11(9(2)13-14-12(8)15)10-6-4-3-5-7-10;1-2/h3-7H,1-2H3,(H,14,15);1-2H3. The van der Waals surface area contributed by atoms with Crippen LogP contribution in [0, 0.1) is 13.8 Å². The summed E-state index contributed by atoms with van der Waals surface area (Å²) in [5.41, 5.74) is 3.40. The number of rotatable bonds is 1. The summed E-state index contributed by atoms with van der Waals surface area (Å²) in [7, 11) is 0. The van der Waals surface area contributed by atoms with Crippen LogP contribution in [0.5, 0.6) is 0 Å². The molecule has 0 atom stereocenters. The van der Waals surface area contributed by atoms with Crippen molar-refractivity contribution in [1.82, 2.24) is 10.2 Å². The van der Waals surface area contributed by atoms with Crippen molar-refractivity contribution in [1.29, 1.82) is 0 Å². The molecule has 0 aliphatic carbocycles. The first kappa shape index (κ1) is 13.2. The Morgan fingerprint density at radius 1 is 1.06 bits per heavy atom. The van der Waals surface area contributed by atoms with Crippen LogP contribution in [0.1, 0.15) is 25.1 Å². The molecule has 1 heterocycles. The number of H-pyrrole nitrogens is 1. The number of hydrogen-bond acceptors (Lipinski definition) is 2. The Morgan fingerprint density at radius 3 is 2.24 bits per heavy atom. The van der Waals surface area contributed by atoms with Crippen LogP contribution in [0.15, 0.2) is 35.1 Å². The molecule has 0 aliphatic heterocycles. The molecule has 3 nitrogen and oxygen atoms in total. The van der Waals surface area contributed by atoms with E-state index in [1.807, 2.05) is 58.0 Å². The van der Waals surface area contributed by atoms with Gasteiger partial charge in [-0.1, -0.05) is 44.2 Å². The Hall–Kier alpha value is -1.90. The molecule has 0 saturated heterocycles. The van der Waals surface area contributed by atoms with E-state index >= 15 is 0 Å². The smallest absolute Gasteiger partial charge is 0.267 e. The SMILES string of the molecule is CC.Cc1n[nH]c(=O)c(C)c1-c1ccccc1. The van der Waals surface area contributed by atoms with Crippen molar-refractivity contribution < 1.29 is 0 Å². The second-order valence-electron chi connectivity index (χ2n) is 3.50. The second-order valence-corrected chi connectivity index (χ2v) is 3.50. The molecule has 3 heteroatoms. The van der Waals surface area contributed by atoms with Gasteiger partial charge in [0.15, 0.2) is 0 Å². The molecule has 0 aliphatic rings. The Kier molecular flexibility index (Phi) is 4.64. The summed E-state index contributed by atoms with van der Waals surface area (Å²) >= 11 is 0. The minimum Gasteiger partial charge on any atom is -0.268 e. The predicted molar refractivity (Wildman–Crippen MR) is 71.1 cm³/mol. The Labute approximate surface area is 102 Å². The highest BCUT2D eigenvalue weighted by molar-refractivity contribution is 5.68. The van der Waals surface area contributed by atoms with Crippen LogP contribution in [-0.2, 0) is 0 Å². The van der Waals surface area contributed by atoms with Crippen LogP contribution in [0.4, 0.5) is 0 Å². The van der Waals surface area contributed by atoms with Gasteiger partial charge in [-0.2, -0.15) is 5.10 Å². The molecule has 2 aromatic rings. The number of aromatic nitrogens is 2. The number of aromatic amines is 1. The van der Waals surface area contributed by atoms with E-state index in [1.165, 1.54) is 0 Å². The summed E-state index contributed by atoms with van der Waals surface area (Å²) in [6, 6.07) is 9.83. The molecular formula is C14H18N2O. The highest BCUT2D eigenvalue weighted by atomic mass is 16.1. The number of nitrogens with zero attached hydrogens (tertiary/aromatic N) is 1. The average molecular weight is 230 g/mol. The fraction of sp³-hybridized carbons (Fsp3) is 0.286. The van der Waals surface area contributed by atoms with E-state index in [-0.39, 0.29) is 5.56 Å². The zero-order valence-electron chi connectivity index (χ0n) is 10.7. The lowest BCUT2D eigenvalue weighted by Crippen LogP contribution is -2.14. The number of hydrogen-bond donors (Lipinski definition) is 1. The van der Waals surface area contributed by atoms with E-state index in [9.17, 15) is 4.79 Å². The van der Waals surface area contributed by atoms with Gasteiger partial charge in [-0.05, 0) is 19.4 Å². The first-order chi connectivity index (χ1) is 8.20. The van der Waals surface area contributed by atoms with Crippen LogP contribution in [0.2, 0.25) is 0 Å². The van der Waals surface area contributed by atoms with Gasteiger partial charge in [0.05, 0.1) is 5.69 Å². The number of benzene rings is 1. The molecule has 0 saturated carbocycles. The maximum Gasteiger partial charge on any atom is 0.267 e. The van der Waals surface area contributed by atoms with Gasteiger partial charge >= 0.3 is 0 Å². The van der Waals surface area contributed by atoms with Crippen molar-refractivity contribution in [3.63, 3.8) is 0 Å². The van der Waals surface area contributed by atoms with Crippen molar-refractivity contribution in [3.05, 3.63) is 51.9 Å². The van der Waals surface area contributed by atoms with Crippen molar-refractivity contribution >= 4 is 0 Å². The first-order valence-electron chi connectivity index (χ1n) is 5.81. The molecule has 1 aromatic carbocycles. The van der Waals surface area contributed by atoms with E-state index in [0.717, 1.165) is 16.8 Å². The van der Waals surface area contributed by atoms with Gasteiger partial charge in [-0.3, -0.25) is 4.79 Å². The van der Waals surface area contributed by atoms with Gasteiger partial charge in [0.1, 0.15) is 0 Å². The zero-order chi connectivity index (χ0) is 12.8. The molecule has 0 spiro atoms. The molecule has 0 amide bonds. The maximum absolute atomic E-state index is 11.4. The summed E-state index contributed by atoms with van der Waals surface area (Å²) in [5.74, 6) is 0. The third kappa shape index (κ3) is 2.81. The summed E-state index contributed by atoms with van der Waals surface area (Å²) in [6.45, 7) is 7.71. The van der Waals surface area contributed by atoms with Crippen molar-refractivity contribution in [2.75, 3.05) is 0 Å². The molecule has 90 valence electrons. The van der Waals surface area contributed by atoms with Gasteiger partial charge < -0.3 is 0 Å². The molecule has 1 N–H and O–H groups in total. The summed E-state index contributed by atoms with van der Waals surface area (Å²) in [6.07, 6.45) is 0. The Bertz CT molecular complexity index is 530. The average Bonchev–Trinajstić information content (AvgIpc) is 2.38. The lowest BCUT2D eigenvalue weighted by atomic mass is 10.0. The third-order valence-corrected chi connectivity index (χ3v) is 2.47. The topological polar surface area (TPSA) is 45.8 Å². The van der Waals surface area contributed by atoms with E-state index < -0.39 is 0 Å². The zero-order valence-corrected chi connectivity index (χ0v) is 10.7. The normalized spacial score (nSPS) is 9.41. The van der Waals surface area contributed by atoms with Crippen molar-refractivity contribution in [3.8, 4) is 11.1 Å². The third-order valence-electron chi connectivity index (χ3n) is 2.47. The lowest BCUT2D eigenvalue weighted by molar-refractivity contribution is 0.933. The molecule has 1 aromatic heterocycles. The van der Waals surface area contributed by atoms with Crippen molar-refractivity contribution in [2.24, 2.45) is 0 Å². The van der Waals surface area contributed by atoms with Crippen molar-refractivity contribution in [2.45, 2.75) is 27.7 Å². The van der Waals surface area contributed by atoms with Crippen LogP contribution in [0.25, 0.3) is 11.1 Å².